The van der Waals surface area contributed by atoms with E-state index in [0.717, 1.165) is 12.1 Å². The lowest BCUT2D eigenvalue weighted by Gasteiger charge is -2.26. The van der Waals surface area contributed by atoms with Crippen LogP contribution in [-0.4, -0.2) is 47.3 Å². The van der Waals surface area contributed by atoms with E-state index in [1.807, 2.05) is 20.8 Å². The van der Waals surface area contributed by atoms with Crippen molar-refractivity contribution in [1.29, 1.82) is 0 Å². The molecule has 0 saturated carbocycles. The predicted molar refractivity (Wildman–Crippen MR) is 88.5 cm³/mol. The van der Waals surface area contributed by atoms with E-state index in [1.54, 1.807) is 10.7 Å². The number of fused-ring (bicyclic) bond motifs is 1. The molecule has 0 unspecified atom stereocenters. The van der Waals surface area contributed by atoms with Gasteiger partial charge < -0.3 is 5.32 Å². The molecule has 0 saturated heterocycles. The monoisotopic (exact) mass is 342 g/mol. The van der Waals surface area contributed by atoms with Crippen molar-refractivity contribution in [2.45, 2.75) is 46.7 Å². The second-order valence-electron chi connectivity index (χ2n) is 6.35. The number of nitrogens with zero attached hydrogens (tertiary/aromatic N) is 3. The van der Waals surface area contributed by atoms with Gasteiger partial charge in [-0.25, -0.2) is 8.42 Å². The Balaban J connectivity index is 2.06. The lowest BCUT2D eigenvalue weighted by atomic mass is 10.2. The fourth-order valence-corrected chi connectivity index (χ4v) is 4.03. The van der Waals surface area contributed by atoms with Crippen molar-refractivity contribution >= 4 is 15.9 Å². The maximum atomic E-state index is 12.3. The summed E-state index contributed by atoms with van der Waals surface area (Å²) in [5.74, 6) is 0.343. The summed E-state index contributed by atoms with van der Waals surface area (Å²) in [6, 6.07) is 1.69. The lowest BCUT2D eigenvalue weighted by Crippen LogP contribution is -2.39. The van der Waals surface area contributed by atoms with Gasteiger partial charge >= 0.3 is 0 Å². The van der Waals surface area contributed by atoms with Gasteiger partial charge in [0.25, 0.3) is 5.91 Å². The molecule has 7 nitrogen and oxygen atoms in total. The van der Waals surface area contributed by atoms with Crippen LogP contribution in [0.1, 0.15) is 49.8 Å². The van der Waals surface area contributed by atoms with Crippen molar-refractivity contribution in [2.24, 2.45) is 5.92 Å². The van der Waals surface area contributed by atoms with Crippen LogP contribution in [0.4, 0.5) is 0 Å². The van der Waals surface area contributed by atoms with Gasteiger partial charge in [0.1, 0.15) is 5.69 Å². The highest BCUT2D eigenvalue weighted by Gasteiger charge is 2.28. The van der Waals surface area contributed by atoms with Gasteiger partial charge in [0.15, 0.2) is 0 Å². The van der Waals surface area contributed by atoms with E-state index in [4.69, 9.17) is 0 Å². The van der Waals surface area contributed by atoms with Gasteiger partial charge in [-0.05, 0) is 18.4 Å². The van der Waals surface area contributed by atoms with E-state index in [9.17, 15) is 13.2 Å². The third kappa shape index (κ3) is 4.54. The molecule has 1 N–H and O–H groups in total. The Kier molecular flexibility index (Phi) is 5.80. The van der Waals surface area contributed by atoms with Crippen LogP contribution >= 0.6 is 0 Å². The van der Waals surface area contributed by atoms with Crippen molar-refractivity contribution in [3.05, 3.63) is 17.5 Å². The van der Waals surface area contributed by atoms with Gasteiger partial charge in [-0.2, -0.15) is 9.40 Å². The minimum absolute atomic E-state index is 0.180. The summed E-state index contributed by atoms with van der Waals surface area (Å²) >= 11 is 0. The standard InChI is InChI=1S/C15H26N4O3S/c1-4-5-8-23(21,22)18-6-7-19-13(11-18)9-14(17-19)15(20)16-10-12(2)3/h9,12H,4-8,10-11H2,1-3H3,(H,16,20). The number of unbranched alkanes of at least 4 members (excludes halogenated alkanes) is 1. The highest BCUT2D eigenvalue weighted by Crippen LogP contribution is 2.18. The molecule has 2 rings (SSSR count). The van der Waals surface area contributed by atoms with Crippen LogP contribution in [0, 0.1) is 5.92 Å². The van der Waals surface area contributed by atoms with Gasteiger partial charge in [-0.3, -0.25) is 9.48 Å². The third-order valence-electron chi connectivity index (χ3n) is 3.82. The molecule has 1 aromatic rings. The van der Waals surface area contributed by atoms with Crippen LogP contribution < -0.4 is 5.32 Å². The average molecular weight is 342 g/mol. The number of sulfonamides is 1. The first-order chi connectivity index (χ1) is 10.8. The van der Waals surface area contributed by atoms with Crippen molar-refractivity contribution in [3.8, 4) is 0 Å². The minimum Gasteiger partial charge on any atom is -0.350 e. The summed E-state index contributed by atoms with van der Waals surface area (Å²) in [6.45, 7) is 7.80. The van der Waals surface area contributed by atoms with Crippen LogP contribution in [0.25, 0.3) is 0 Å². The molecule has 0 atom stereocenters. The van der Waals surface area contributed by atoms with Crippen LogP contribution in [0.15, 0.2) is 6.07 Å². The molecule has 130 valence electrons. The zero-order valence-electron chi connectivity index (χ0n) is 14.1. The molecular formula is C15H26N4O3S. The summed E-state index contributed by atoms with van der Waals surface area (Å²) < 4.78 is 27.8. The number of hydrogen-bond acceptors (Lipinski definition) is 4. The van der Waals surface area contributed by atoms with E-state index in [1.165, 1.54) is 4.31 Å². The molecule has 0 radical (unpaired) electrons. The van der Waals surface area contributed by atoms with Gasteiger partial charge in [0.05, 0.1) is 24.5 Å². The molecule has 1 amide bonds. The fraction of sp³-hybridized carbons (Fsp3) is 0.733. The zero-order chi connectivity index (χ0) is 17.0. The van der Waals surface area contributed by atoms with Crippen LogP contribution in [0.5, 0.6) is 0 Å². The maximum Gasteiger partial charge on any atom is 0.271 e. The largest absolute Gasteiger partial charge is 0.350 e. The van der Waals surface area contributed by atoms with E-state index in [2.05, 4.69) is 10.4 Å². The number of carbonyl (C=O) groups excluding carboxylic acids is 1. The van der Waals surface area contributed by atoms with Crippen molar-refractivity contribution in [3.63, 3.8) is 0 Å². The maximum absolute atomic E-state index is 12.3. The van der Waals surface area contributed by atoms with Crippen molar-refractivity contribution in [2.75, 3.05) is 18.8 Å². The summed E-state index contributed by atoms with van der Waals surface area (Å²) in [5.41, 5.74) is 1.12. The molecule has 8 heteroatoms. The predicted octanol–water partition coefficient (Wildman–Crippen LogP) is 1.21. The minimum atomic E-state index is -3.23. The van der Waals surface area contributed by atoms with Crippen LogP contribution in [0.2, 0.25) is 0 Å². The van der Waals surface area contributed by atoms with Gasteiger partial charge in [0, 0.05) is 13.1 Å². The summed E-state index contributed by atoms with van der Waals surface area (Å²) in [5, 5.41) is 7.12. The summed E-state index contributed by atoms with van der Waals surface area (Å²) in [7, 11) is -3.23. The summed E-state index contributed by atoms with van der Waals surface area (Å²) in [4.78, 5) is 12.1. The highest BCUT2D eigenvalue weighted by atomic mass is 32.2. The Hall–Kier alpha value is -1.41. The number of aromatic nitrogens is 2. The number of rotatable bonds is 7. The smallest absolute Gasteiger partial charge is 0.271 e. The number of hydrogen-bond donors (Lipinski definition) is 1. The SMILES string of the molecule is CCCCS(=O)(=O)N1CCn2nc(C(=O)NCC(C)C)cc2C1. The van der Waals surface area contributed by atoms with Crippen molar-refractivity contribution < 1.29 is 13.2 Å². The molecule has 0 bridgehead atoms. The zero-order valence-corrected chi connectivity index (χ0v) is 14.9. The molecule has 1 aliphatic heterocycles. The van der Waals surface area contributed by atoms with Crippen LogP contribution in [0.3, 0.4) is 0 Å². The molecule has 0 aromatic carbocycles. The van der Waals surface area contributed by atoms with Gasteiger partial charge in [-0.1, -0.05) is 27.2 Å². The first-order valence-electron chi connectivity index (χ1n) is 8.16. The Labute approximate surface area is 138 Å². The first-order valence-corrected chi connectivity index (χ1v) is 9.77. The van der Waals surface area contributed by atoms with Gasteiger partial charge in [-0.15, -0.1) is 0 Å². The quantitative estimate of drug-likeness (QED) is 0.807. The molecule has 0 fully saturated rings. The molecule has 0 aliphatic carbocycles. The Morgan fingerprint density at radius 3 is 2.78 bits per heavy atom. The van der Waals surface area contributed by atoms with E-state index < -0.39 is 10.0 Å². The van der Waals surface area contributed by atoms with Crippen LogP contribution in [-0.2, 0) is 23.1 Å². The Bertz CT molecular complexity index is 652. The molecular weight excluding hydrogens is 316 g/mol. The molecule has 23 heavy (non-hydrogen) atoms. The lowest BCUT2D eigenvalue weighted by molar-refractivity contribution is 0.0943. The Morgan fingerprint density at radius 1 is 1.39 bits per heavy atom. The number of amides is 1. The fourth-order valence-electron chi connectivity index (χ4n) is 2.43. The molecule has 0 spiro atoms. The average Bonchev–Trinajstić information content (AvgIpc) is 2.93. The second-order valence-corrected chi connectivity index (χ2v) is 8.44. The van der Waals surface area contributed by atoms with E-state index in [-0.39, 0.29) is 18.2 Å². The van der Waals surface area contributed by atoms with E-state index in [0.29, 0.717) is 37.7 Å². The van der Waals surface area contributed by atoms with E-state index >= 15 is 0 Å². The number of nitrogens with one attached hydrogen (secondary N) is 1. The summed E-state index contributed by atoms with van der Waals surface area (Å²) in [6.07, 6.45) is 1.52. The molecule has 1 aliphatic rings. The molecule has 1 aromatic heterocycles. The third-order valence-corrected chi connectivity index (χ3v) is 5.72. The van der Waals surface area contributed by atoms with Gasteiger partial charge in [0.2, 0.25) is 10.0 Å². The number of carbonyl (C=O) groups is 1. The first kappa shape index (κ1) is 17.9. The molecule has 2 heterocycles. The highest BCUT2D eigenvalue weighted by molar-refractivity contribution is 7.89. The Morgan fingerprint density at radius 2 is 2.13 bits per heavy atom. The normalized spacial score (nSPS) is 15.7. The second kappa shape index (κ2) is 7.44. The topological polar surface area (TPSA) is 84.3 Å². The van der Waals surface area contributed by atoms with Crippen molar-refractivity contribution in [1.82, 2.24) is 19.4 Å².